The molecule has 0 saturated heterocycles. The lowest BCUT2D eigenvalue weighted by Gasteiger charge is -2.09. The fourth-order valence-electron chi connectivity index (χ4n) is 2.77. The van der Waals surface area contributed by atoms with Gasteiger partial charge in [0.25, 0.3) is 0 Å². The topological polar surface area (TPSA) is 94.8 Å². The minimum atomic E-state index is -0.539. The number of anilines is 1. The van der Waals surface area contributed by atoms with Gasteiger partial charge in [0.15, 0.2) is 0 Å². The molecule has 0 unspecified atom stereocenters. The number of carbonyl (C=O) groups excluding carboxylic acids is 2. The zero-order valence-electron chi connectivity index (χ0n) is 15.5. The number of nitrogens with one attached hydrogen (secondary N) is 1. The van der Waals surface area contributed by atoms with E-state index >= 15 is 0 Å². The minimum Gasteiger partial charge on any atom is -0.497 e. The first-order chi connectivity index (χ1) is 13.5. The van der Waals surface area contributed by atoms with Gasteiger partial charge in [-0.05, 0) is 48.9 Å². The predicted molar refractivity (Wildman–Crippen MR) is 104 cm³/mol. The van der Waals surface area contributed by atoms with Crippen LogP contribution in [0.25, 0.3) is 11.0 Å². The smallest absolute Gasteiger partial charge is 0.338 e. The minimum absolute atomic E-state index is 0.00590. The predicted octanol–water partition coefficient (Wildman–Crippen LogP) is 3.16. The van der Waals surface area contributed by atoms with Gasteiger partial charge in [0.2, 0.25) is 5.91 Å². The lowest BCUT2D eigenvalue weighted by molar-refractivity contribution is -0.115. The summed E-state index contributed by atoms with van der Waals surface area (Å²) in [5.41, 5.74) is 1.30. The van der Waals surface area contributed by atoms with Crippen molar-refractivity contribution in [2.75, 3.05) is 19.0 Å². The van der Waals surface area contributed by atoms with Crippen LogP contribution >= 0.6 is 0 Å². The van der Waals surface area contributed by atoms with Gasteiger partial charge in [0.1, 0.15) is 11.3 Å². The van der Waals surface area contributed by atoms with E-state index < -0.39 is 11.6 Å². The largest absolute Gasteiger partial charge is 0.497 e. The number of amides is 1. The Kier molecular flexibility index (Phi) is 5.74. The van der Waals surface area contributed by atoms with Gasteiger partial charge < -0.3 is 19.2 Å². The van der Waals surface area contributed by atoms with Crippen molar-refractivity contribution in [1.29, 1.82) is 0 Å². The molecular formula is C21H19NO6. The van der Waals surface area contributed by atoms with Crippen LogP contribution in [0.15, 0.2) is 57.7 Å². The SMILES string of the molecule is CCOC(=O)c1ccc(NC(=O)Cc2cc(=O)oc3cc(OC)ccc23)cc1. The lowest BCUT2D eigenvalue weighted by Crippen LogP contribution is -2.16. The fraction of sp³-hybridized carbons (Fsp3) is 0.190. The quantitative estimate of drug-likeness (QED) is 0.521. The molecule has 144 valence electrons. The van der Waals surface area contributed by atoms with E-state index in [9.17, 15) is 14.4 Å². The van der Waals surface area contributed by atoms with Gasteiger partial charge in [-0.3, -0.25) is 4.79 Å². The van der Waals surface area contributed by atoms with Crippen molar-refractivity contribution < 1.29 is 23.5 Å². The van der Waals surface area contributed by atoms with E-state index in [2.05, 4.69) is 5.32 Å². The molecule has 7 heteroatoms. The van der Waals surface area contributed by atoms with Crippen LogP contribution in [0, 0.1) is 0 Å². The molecule has 1 aromatic heterocycles. The number of ether oxygens (including phenoxy) is 2. The van der Waals surface area contributed by atoms with E-state index in [4.69, 9.17) is 13.9 Å². The first-order valence-corrected chi connectivity index (χ1v) is 8.68. The maximum Gasteiger partial charge on any atom is 0.338 e. The third kappa shape index (κ3) is 4.37. The zero-order chi connectivity index (χ0) is 20.1. The second-order valence-corrected chi connectivity index (χ2v) is 5.98. The van der Waals surface area contributed by atoms with Crippen LogP contribution in [0.3, 0.4) is 0 Å². The lowest BCUT2D eigenvalue weighted by atomic mass is 10.1. The van der Waals surface area contributed by atoms with Crippen LogP contribution < -0.4 is 15.7 Å². The molecule has 0 aliphatic heterocycles. The molecule has 1 heterocycles. The molecule has 0 saturated carbocycles. The van der Waals surface area contributed by atoms with Crippen LogP contribution in [0.4, 0.5) is 5.69 Å². The van der Waals surface area contributed by atoms with Crippen molar-refractivity contribution in [2.24, 2.45) is 0 Å². The van der Waals surface area contributed by atoms with Crippen molar-refractivity contribution >= 4 is 28.5 Å². The van der Waals surface area contributed by atoms with Crippen LogP contribution in [0.5, 0.6) is 5.75 Å². The number of benzene rings is 2. The second kappa shape index (κ2) is 8.39. The Morgan fingerprint density at radius 1 is 1.07 bits per heavy atom. The van der Waals surface area contributed by atoms with Crippen LogP contribution in [0.1, 0.15) is 22.8 Å². The summed E-state index contributed by atoms with van der Waals surface area (Å²) < 4.78 is 15.2. The number of hydrogen-bond donors (Lipinski definition) is 1. The highest BCUT2D eigenvalue weighted by Gasteiger charge is 2.12. The summed E-state index contributed by atoms with van der Waals surface area (Å²) in [7, 11) is 1.52. The highest BCUT2D eigenvalue weighted by Crippen LogP contribution is 2.23. The van der Waals surface area contributed by atoms with Gasteiger partial charge in [-0.25, -0.2) is 9.59 Å². The second-order valence-electron chi connectivity index (χ2n) is 5.98. The van der Waals surface area contributed by atoms with Crippen molar-refractivity contribution in [3.05, 3.63) is 70.1 Å². The van der Waals surface area contributed by atoms with E-state index in [1.54, 1.807) is 49.4 Å². The molecule has 1 N–H and O–H groups in total. The highest BCUT2D eigenvalue weighted by molar-refractivity contribution is 5.96. The van der Waals surface area contributed by atoms with Gasteiger partial charge in [-0.1, -0.05) is 0 Å². The van der Waals surface area contributed by atoms with E-state index in [0.29, 0.717) is 40.1 Å². The van der Waals surface area contributed by atoms with Crippen molar-refractivity contribution in [3.8, 4) is 5.75 Å². The molecule has 3 rings (SSSR count). The van der Waals surface area contributed by atoms with Crippen LogP contribution in [-0.2, 0) is 16.0 Å². The first-order valence-electron chi connectivity index (χ1n) is 8.68. The molecule has 0 bridgehead atoms. The van der Waals surface area contributed by atoms with Gasteiger partial charge in [0.05, 0.1) is 25.7 Å². The van der Waals surface area contributed by atoms with E-state index in [1.165, 1.54) is 13.2 Å². The van der Waals surface area contributed by atoms with Crippen LogP contribution in [-0.4, -0.2) is 25.6 Å². The molecule has 1 amide bonds. The Balaban J connectivity index is 1.76. The Hall–Kier alpha value is -3.61. The number of carbonyl (C=O) groups is 2. The summed E-state index contributed by atoms with van der Waals surface area (Å²) in [5.74, 6) is -0.163. The van der Waals surface area contributed by atoms with Gasteiger partial charge in [-0.2, -0.15) is 0 Å². The molecule has 7 nitrogen and oxygen atoms in total. The number of hydrogen-bond acceptors (Lipinski definition) is 6. The number of rotatable bonds is 6. The summed E-state index contributed by atoms with van der Waals surface area (Å²) in [6.45, 7) is 2.03. The monoisotopic (exact) mass is 381 g/mol. The van der Waals surface area contributed by atoms with E-state index in [-0.39, 0.29) is 12.3 Å². The molecule has 28 heavy (non-hydrogen) atoms. The number of methoxy groups -OCH3 is 1. The number of esters is 1. The van der Waals surface area contributed by atoms with E-state index in [1.807, 2.05) is 0 Å². The molecule has 0 atom stereocenters. The summed E-state index contributed by atoms with van der Waals surface area (Å²) in [5, 5.41) is 3.41. The third-order valence-electron chi connectivity index (χ3n) is 4.07. The van der Waals surface area contributed by atoms with Crippen molar-refractivity contribution in [2.45, 2.75) is 13.3 Å². The van der Waals surface area contributed by atoms with Gasteiger partial charge in [0, 0.05) is 23.2 Å². The zero-order valence-corrected chi connectivity index (χ0v) is 15.5. The summed E-state index contributed by atoms with van der Waals surface area (Å²) >= 11 is 0. The van der Waals surface area contributed by atoms with E-state index in [0.717, 1.165) is 0 Å². The normalized spacial score (nSPS) is 10.5. The molecule has 2 aromatic carbocycles. The molecule has 0 aliphatic carbocycles. The Morgan fingerprint density at radius 2 is 1.82 bits per heavy atom. The van der Waals surface area contributed by atoms with Gasteiger partial charge >= 0.3 is 11.6 Å². The summed E-state index contributed by atoms with van der Waals surface area (Å²) in [6, 6.07) is 12.8. The third-order valence-corrected chi connectivity index (χ3v) is 4.07. The Morgan fingerprint density at radius 3 is 2.50 bits per heavy atom. The molecule has 0 spiro atoms. The average Bonchev–Trinajstić information content (AvgIpc) is 2.68. The van der Waals surface area contributed by atoms with Gasteiger partial charge in [-0.15, -0.1) is 0 Å². The molecule has 0 radical (unpaired) electrons. The van der Waals surface area contributed by atoms with Crippen LogP contribution in [0.2, 0.25) is 0 Å². The Labute approximate surface area is 160 Å². The fourth-order valence-corrected chi connectivity index (χ4v) is 2.77. The average molecular weight is 381 g/mol. The standard InChI is InChI=1S/C21H19NO6/c1-3-27-21(25)13-4-6-15(7-5-13)22-19(23)10-14-11-20(24)28-18-12-16(26-2)8-9-17(14)18/h4-9,11-12H,3,10H2,1-2H3,(H,22,23). The number of fused-ring (bicyclic) bond motifs is 1. The summed E-state index contributed by atoms with van der Waals surface area (Å²) in [6.07, 6.45) is -0.00590. The molecule has 3 aromatic rings. The molecular weight excluding hydrogens is 362 g/mol. The molecule has 0 fully saturated rings. The first kappa shape index (κ1) is 19.2. The molecule has 0 aliphatic rings. The highest BCUT2D eigenvalue weighted by atomic mass is 16.5. The maximum atomic E-state index is 12.4. The van der Waals surface area contributed by atoms with Crippen molar-refractivity contribution in [3.63, 3.8) is 0 Å². The van der Waals surface area contributed by atoms with Crippen molar-refractivity contribution in [1.82, 2.24) is 0 Å². The summed E-state index contributed by atoms with van der Waals surface area (Å²) in [4.78, 5) is 35.9. The Bertz CT molecular complexity index is 1070. The maximum absolute atomic E-state index is 12.4.